The van der Waals surface area contributed by atoms with E-state index < -0.39 is 0 Å². The van der Waals surface area contributed by atoms with Gasteiger partial charge in [0, 0.05) is 12.0 Å². The molecule has 126 valence electrons. The molecule has 0 fully saturated rings. The molecule has 1 aliphatic rings. The summed E-state index contributed by atoms with van der Waals surface area (Å²) < 4.78 is 0. The number of ketones is 1. The van der Waals surface area contributed by atoms with Crippen LogP contribution < -0.4 is 0 Å². The van der Waals surface area contributed by atoms with Crippen LogP contribution in [0.5, 0.6) is 0 Å². The normalized spacial score (nSPS) is 13.7. The van der Waals surface area contributed by atoms with Crippen LogP contribution in [-0.4, -0.2) is 5.78 Å². The molecule has 0 saturated carbocycles. The predicted molar refractivity (Wildman–Crippen MR) is 114 cm³/mol. The highest BCUT2D eigenvalue weighted by Crippen LogP contribution is 2.39. The highest BCUT2D eigenvalue weighted by molar-refractivity contribution is 6.25. The Morgan fingerprint density at radius 1 is 0.593 bits per heavy atom. The summed E-state index contributed by atoms with van der Waals surface area (Å²) in [5.74, 6) is 0.211. The van der Waals surface area contributed by atoms with Gasteiger partial charge >= 0.3 is 0 Å². The highest BCUT2D eigenvalue weighted by Gasteiger charge is 2.20. The van der Waals surface area contributed by atoms with Crippen molar-refractivity contribution in [2.45, 2.75) is 6.42 Å². The van der Waals surface area contributed by atoms with Crippen molar-refractivity contribution in [1.82, 2.24) is 0 Å². The molecule has 0 radical (unpaired) electrons. The summed E-state index contributed by atoms with van der Waals surface area (Å²) in [7, 11) is 0. The van der Waals surface area contributed by atoms with Gasteiger partial charge in [0.05, 0.1) is 0 Å². The topological polar surface area (TPSA) is 17.1 Å². The van der Waals surface area contributed by atoms with E-state index in [1.165, 1.54) is 26.9 Å². The van der Waals surface area contributed by atoms with Gasteiger partial charge in [-0.2, -0.15) is 0 Å². The molecule has 27 heavy (non-hydrogen) atoms. The number of benzene rings is 5. The Kier molecular flexibility index (Phi) is 2.87. The Labute approximate surface area is 156 Å². The predicted octanol–water partition coefficient (Wildman–Crippen LogP) is 6.90. The van der Waals surface area contributed by atoms with Gasteiger partial charge in [-0.25, -0.2) is 0 Å². The zero-order valence-corrected chi connectivity index (χ0v) is 14.7. The summed E-state index contributed by atoms with van der Waals surface area (Å²) in [6, 6.07) is 25.8. The molecule has 0 aliphatic heterocycles. The molecular weight excluding hydrogens is 328 g/mol. The Balaban J connectivity index is 1.87. The van der Waals surface area contributed by atoms with E-state index in [0.29, 0.717) is 6.42 Å². The number of allylic oxidation sites excluding steroid dienone is 1. The molecule has 0 amide bonds. The molecular formula is C26H16O. The lowest BCUT2D eigenvalue weighted by Gasteiger charge is -2.18. The van der Waals surface area contributed by atoms with E-state index in [-0.39, 0.29) is 5.78 Å². The summed E-state index contributed by atoms with van der Waals surface area (Å²) >= 11 is 0. The Morgan fingerprint density at radius 3 is 1.96 bits per heavy atom. The van der Waals surface area contributed by atoms with E-state index in [4.69, 9.17) is 0 Å². The van der Waals surface area contributed by atoms with Crippen molar-refractivity contribution in [3.8, 4) is 0 Å². The first-order chi connectivity index (χ1) is 13.3. The van der Waals surface area contributed by atoms with Gasteiger partial charge in [-0.05, 0) is 72.9 Å². The van der Waals surface area contributed by atoms with Crippen LogP contribution in [0.15, 0.2) is 78.9 Å². The van der Waals surface area contributed by atoms with Gasteiger partial charge in [0.1, 0.15) is 0 Å². The third-order valence-corrected chi connectivity index (χ3v) is 5.75. The average Bonchev–Trinajstić information content (AvgIpc) is 2.71. The fraction of sp³-hybridized carbons (Fsp3) is 0.0385. The standard InChI is InChI=1S/C26H16O/c27-25-11-5-10-22-20-8-3-4-9-21(20)23-14-18-12-16-6-1-2-7-17(16)13-19(18)15-24(23)26(22)25/h1-10,12-15H,11H2. The lowest BCUT2D eigenvalue weighted by molar-refractivity contribution is 0.0996. The molecule has 1 aliphatic carbocycles. The fourth-order valence-corrected chi connectivity index (χ4v) is 4.51. The Morgan fingerprint density at radius 2 is 1.22 bits per heavy atom. The summed E-state index contributed by atoms with van der Waals surface area (Å²) in [5, 5.41) is 9.46. The van der Waals surface area contributed by atoms with Gasteiger partial charge in [0.2, 0.25) is 0 Å². The van der Waals surface area contributed by atoms with Crippen LogP contribution >= 0.6 is 0 Å². The molecule has 5 aromatic rings. The van der Waals surface area contributed by atoms with Gasteiger partial charge in [-0.15, -0.1) is 0 Å². The molecule has 0 saturated heterocycles. The summed E-state index contributed by atoms with van der Waals surface area (Å²) in [5.41, 5.74) is 1.94. The van der Waals surface area contributed by atoms with Gasteiger partial charge < -0.3 is 0 Å². The van der Waals surface area contributed by atoms with Crippen LogP contribution in [0.1, 0.15) is 22.3 Å². The first-order valence-corrected chi connectivity index (χ1v) is 9.30. The number of rotatable bonds is 0. The van der Waals surface area contributed by atoms with E-state index in [2.05, 4.69) is 78.9 Å². The van der Waals surface area contributed by atoms with Crippen molar-refractivity contribution in [3.63, 3.8) is 0 Å². The van der Waals surface area contributed by atoms with Crippen LogP contribution in [0.25, 0.3) is 49.2 Å². The lowest BCUT2D eigenvalue weighted by atomic mass is 9.85. The van der Waals surface area contributed by atoms with Crippen LogP contribution in [0, 0.1) is 0 Å². The average molecular weight is 344 g/mol. The fourth-order valence-electron chi connectivity index (χ4n) is 4.51. The molecule has 1 nitrogen and oxygen atoms in total. The number of Topliss-reactive ketones (excluding diaryl/α,β-unsaturated/α-hetero) is 1. The SMILES string of the molecule is O=C1CC=Cc2c1c1cc3cc4ccccc4cc3cc1c1ccccc21. The molecule has 0 N–H and O–H groups in total. The molecule has 0 aromatic heterocycles. The smallest absolute Gasteiger partial charge is 0.167 e. The number of hydrogen-bond donors (Lipinski definition) is 0. The van der Waals surface area contributed by atoms with Crippen molar-refractivity contribution in [3.05, 3.63) is 90.0 Å². The highest BCUT2D eigenvalue weighted by atomic mass is 16.1. The van der Waals surface area contributed by atoms with E-state index in [1.807, 2.05) is 6.08 Å². The second-order valence-electron chi connectivity index (χ2n) is 7.31. The zero-order valence-electron chi connectivity index (χ0n) is 14.7. The van der Waals surface area contributed by atoms with Crippen molar-refractivity contribution < 1.29 is 4.79 Å². The monoisotopic (exact) mass is 344 g/mol. The van der Waals surface area contributed by atoms with Crippen molar-refractivity contribution in [2.75, 3.05) is 0 Å². The molecule has 0 unspecified atom stereocenters. The molecule has 6 rings (SSSR count). The Bertz CT molecular complexity index is 1450. The largest absolute Gasteiger partial charge is 0.294 e. The minimum atomic E-state index is 0.211. The van der Waals surface area contributed by atoms with Gasteiger partial charge in [0.25, 0.3) is 0 Å². The Hall–Kier alpha value is -3.45. The van der Waals surface area contributed by atoms with E-state index in [1.54, 1.807) is 0 Å². The van der Waals surface area contributed by atoms with Crippen molar-refractivity contribution in [1.29, 1.82) is 0 Å². The van der Waals surface area contributed by atoms with Gasteiger partial charge in [-0.1, -0.05) is 60.7 Å². The second-order valence-corrected chi connectivity index (χ2v) is 7.31. The lowest BCUT2D eigenvalue weighted by Crippen LogP contribution is -2.06. The van der Waals surface area contributed by atoms with Gasteiger partial charge in [-0.3, -0.25) is 4.79 Å². The van der Waals surface area contributed by atoms with Crippen LogP contribution in [-0.2, 0) is 0 Å². The maximum absolute atomic E-state index is 12.8. The van der Waals surface area contributed by atoms with E-state index in [9.17, 15) is 4.79 Å². The number of fused-ring (bicyclic) bond motifs is 8. The third-order valence-electron chi connectivity index (χ3n) is 5.75. The third kappa shape index (κ3) is 2.03. The maximum atomic E-state index is 12.8. The van der Waals surface area contributed by atoms with Crippen LogP contribution in [0.2, 0.25) is 0 Å². The number of carbonyl (C=O) groups is 1. The minimum absolute atomic E-state index is 0.211. The molecule has 0 atom stereocenters. The van der Waals surface area contributed by atoms with Crippen LogP contribution in [0.4, 0.5) is 0 Å². The van der Waals surface area contributed by atoms with Crippen LogP contribution in [0.3, 0.4) is 0 Å². The van der Waals surface area contributed by atoms with E-state index >= 15 is 0 Å². The maximum Gasteiger partial charge on any atom is 0.167 e. The molecule has 0 heterocycles. The molecule has 0 bridgehead atoms. The number of carbonyl (C=O) groups excluding carboxylic acids is 1. The summed E-state index contributed by atoms with van der Waals surface area (Å²) in [4.78, 5) is 12.8. The first-order valence-electron chi connectivity index (χ1n) is 9.30. The molecule has 1 heteroatoms. The van der Waals surface area contributed by atoms with Crippen molar-refractivity contribution in [2.24, 2.45) is 0 Å². The first kappa shape index (κ1) is 14.7. The summed E-state index contributed by atoms with van der Waals surface area (Å²) in [6.45, 7) is 0. The van der Waals surface area contributed by atoms with Crippen molar-refractivity contribution >= 4 is 54.9 Å². The molecule has 0 spiro atoms. The van der Waals surface area contributed by atoms with Gasteiger partial charge in [0.15, 0.2) is 5.78 Å². The summed E-state index contributed by atoms with van der Waals surface area (Å²) in [6.07, 6.45) is 4.58. The number of hydrogen-bond acceptors (Lipinski definition) is 1. The molecule has 5 aromatic carbocycles. The quantitative estimate of drug-likeness (QED) is 0.221. The zero-order chi connectivity index (χ0) is 18.0. The van der Waals surface area contributed by atoms with E-state index in [0.717, 1.165) is 27.3 Å². The minimum Gasteiger partial charge on any atom is -0.294 e. The second kappa shape index (κ2) is 5.28.